The molecule has 0 aliphatic carbocycles. The maximum absolute atomic E-state index is 12.3. The molecule has 0 N–H and O–H groups in total. The second-order valence-corrected chi connectivity index (χ2v) is 6.28. The smallest absolute Gasteiger partial charge is 0.258 e. The number of furan rings is 1. The van der Waals surface area contributed by atoms with Crippen molar-refractivity contribution in [3.05, 3.63) is 48.2 Å². The minimum Gasteiger partial charge on any atom is -0.493 e. The SMILES string of the molecule is COc1ccc(-c2nc(C3CC(=O)N(Cc4ccco4)C3)no2)cc1OC. The summed E-state index contributed by atoms with van der Waals surface area (Å²) in [6.07, 6.45) is 1.95. The third-order valence-corrected chi connectivity index (χ3v) is 4.58. The lowest BCUT2D eigenvalue weighted by molar-refractivity contribution is -0.128. The van der Waals surface area contributed by atoms with Crippen LogP contribution >= 0.6 is 0 Å². The number of hydrogen-bond donors (Lipinski definition) is 0. The summed E-state index contributed by atoms with van der Waals surface area (Å²) in [4.78, 5) is 18.5. The summed E-state index contributed by atoms with van der Waals surface area (Å²) in [6.45, 7) is 0.979. The van der Waals surface area contributed by atoms with Gasteiger partial charge in [-0.05, 0) is 30.3 Å². The summed E-state index contributed by atoms with van der Waals surface area (Å²) >= 11 is 0. The van der Waals surface area contributed by atoms with E-state index >= 15 is 0 Å². The van der Waals surface area contributed by atoms with Gasteiger partial charge in [0.2, 0.25) is 5.91 Å². The number of rotatable bonds is 6. The van der Waals surface area contributed by atoms with E-state index < -0.39 is 0 Å². The van der Waals surface area contributed by atoms with Crippen molar-refractivity contribution in [2.24, 2.45) is 0 Å². The van der Waals surface area contributed by atoms with Crippen LogP contribution in [0.3, 0.4) is 0 Å². The molecule has 1 unspecified atom stereocenters. The molecule has 8 nitrogen and oxygen atoms in total. The van der Waals surface area contributed by atoms with Gasteiger partial charge in [-0.25, -0.2) is 0 Å². The van der Waals surface area contributed by atoms with E-state index in [2.05, 4.69) is 10.1 Å². The molecule has 3 heterocycles. The van der Waals surface area contributed by atoms with Crippen molar-refractivity contribution in [3.8, 4) is 23.0 Å². The number of amides is 1. The van der Waals surface area contributed by atoms with Gasteiger partial charge in [0.1, 0.15) is 5.76 Å². The molecule has 27 heavy (non-hydrogen) atoms. The van der Waals surface area contributed by atoms with Gasteiger partial charge in [-0.1, -0.05) is 5.16 Å². The maximum atomic E-state index is 12.3. The van der Waals surface area contributed by atoms with Crippen LogP contribution in [0.1, 0.15) is 23.9 Å². The summed E-state index contributed by atoms with van der Waals surface area (Å²) in [5.41, 5.74) is 0.725. The fraction of sp³-hybridized carbons (Fsp3) is 0.316. The number of methoxy groups -OCH3 is 2. The zero-order chi connectivity index (χ0) is 18.8. The number of nitrogens with zero attached hydrogens (tertiary/aromatic N) is 3. The van der Waals surface area contributed by atoms with E-state index in [0.29, 0.717) is 42.7 Å². The average molecular weight is 369 g/mol. The van der Waals surface area contributed by atoms with Crippen molar-refractivity contribution >= 4 is 5.91 Å². The molecule has 1 aliphatic rings. The number of aromatic nitrogens is 2. The van der Waals surface area contributed by atoms with Crippen molar-refractivity contribution in [2.45, 2.75) is 18.9 Å². The lowest BCUT2D eigenvalue weighted by Gasteiger charge is -2.13. The largest absolute Gasteiger partial charge is 0.493 e. The van der Waals surface area contributed by atoms with Gasteiger partial charge in [-0.3, -0.25) is 4.79 Å². The molecule has 0 radical (unpaired) electrons. The summed E-state index contributed by atoms with van der Waals surface area (Å²) in [5, 5.41) is 4.08. The topological polar surface area (TPSA) is 90.8 Å². The molecule has 0 saturated carbocycles. The Morgan fingerprint density at radius 2 is 2.07 bits per heavy atom. The van der Waals surface area contributed by atoms with Crippen molar-refractivity contribution in [1.82, 2.24) is 15.0 Å². The van der Waals surface area contributed by atoms with E-state index in [1.54, 1.807) is 37.5 Å². The highest BCUT2D eigenvalue weighted by molar-refractivity contribution is 5.79. The number of ether oxygens (including phenoxy) is 2. The Kier molecular flexibility index (Phi) is 4.53. The number of benzene rings is 1. The molecule has 1 saturated heterocycles. The molecular weight excluding hydrogens is 350 g/mol. The molecule has 1 amide bonds. The van der Waals surface area contributed by atoms with Crippen molar-refractivity contribution in [3.63, 3.8) is 0 Å². The van der Waals surface area contributed by atoms with Crippen LogP contribution in [0.15, 0.2) is 45.5 Å². The number of carbonyl (C=O) groups is 1. The average Bonchev–Trinajstić information content (AvgIpc) is 3.43. The fourth-order valence-electron chi connectivity index (χ4n) is 3.18. The predicted molar refractivity (Wildman–Crippen MR) is 94.3 cm³/mol. The quantitative estimate of drug-likeness (QED) is 0.660. The Labute approximate surface area is 155 Å². The summed E-state index contributed by atoms with van der Waals surface area (Å²) < 4.78 is 21.3. The normalized spacial score (nSPS) is 16.7. The second-order valence-electron chi connectivity index (χ2n) is 6.28. The highest BCUT2D eigenvalue weighted by atomic mass is 16.5. The molecule has 1 atom stereocenters. The standard InChI is InChI=1S/C19H19N3O5/c1-24-15-6-5-12(8-16(15)25-2)19-20-18(21-27-19)13-9-17(23)22(10-13)11-14-4-3-7-26-14/h3-8,13H,9-11H2,1-2H3. The zero-order valence-electron chi connectivity index (χ0n) is 15.0. The first-order chi connectivity index (χ1) is 13.2. The van der Waals surface area contributed by atoms with Gasteiger partial charge in [-0.15, -0.1) is 0 Å². The van der Waals surface area contributed by atoms with E-state index in [0.717, 1.165) is 11.3 Å². The molecule has 2 aromatic heterocycles. The molecule has 3 aromatic rings. The Hall–Kier alpha value is -3.29. The highest BCUT2D eigenvalue weighted by Gasteiger charge is 2.34. The third-order valence-electron chi connectivity index (χ3n) is 4.58. The van der Waals surface area contributed by atoms with Crippen molar-refractivity contribution in [1.29, 1.82) is 0 Å². The first-order valence-corrected chi connectivity index (χ1v) is 8.54. The molecule has 1 aromatic carbocycles. The first-order valence-electron chi connectivity index (χ1n) is 8.54. The Balaban J connectivity index is 1.50. The summed E-state index contributed by atoms with van der Waals surface area (Å²) in [7, 11) is 3.15. The summed E-state index contributed by atoms with van der Waals surface area (Å²) in [5.74, 6) is 2.80. The van der Waals surface area contributed by atoms with Crippen LogP contribution in [0.2, 0.25) is 0 Å². The Morgan fingerprint density at radius 3 is 2.81 bits per heavy atom. The molecule has 140 valence electrons. The molecule has 4 rings (SSSR count). The van der Waals surface area contributed by atoms with E-state index in [4.69, 9.17) is 18.4 Å². The molecule has 0 spiro atoms. The van der Waals surface area contributed by atoms with Gasteiger partial charge in [-0.2, -0.15) is 4.98 Å². The molecule has 0 bridgehead atoms. The fourth-order valence-corrected chi connectivity index (χ4v) is 3.18. The van der Waals surface area contributed by atoms with Gasteiger partial charge in [0, 0.05) is 24.4 Å². The predicted octanol–water partition coefficient (Wildman–Crippen LogP) is 2.86. The highest BCUT2D eigenvalue weighted by Crippen LogP contribution is 2.33. The molecule has 8 heteroatoms. The zero-order valence-corrected chi connectivity index (χ0v) is 15.0. The molecule has 1 aliphatic heterocycles. The Bertz CT molecular complexity index is 935. The van der Waals surface area contributed by atoms with Crippen LogP contribution < -0.4 is 9.47 Å². The number of hydrogen-bond acceptors (Lipinski definition) is 7. The van der Waals surface area contributed by atoms with Crippen LogP contribution in [-0.2, 0) is 11.3 Å². The van der Waals surface area contributed by atoms with Crippen LogP contribution in [0.25, 0.3) is 11.5 Å². The molecular formula is C19H19N3O5. The third kappa shape index (κ3) is 3.38. The first kappa shape index (κ1) is 17.1. The lowest BCUT2D eigenvalue weighted by Crippen LogP contribution is -2.24. The van der Waals surface area contributed by atoms with E-state index in [9.17, 15) is 4.79 Å². The summed E-state index contributed by atoms with van der Waals surface area (Å²) in [6, 6.07) is 9.04. The monoisotopic (exact) mass is 369 g/mol. The van der Waals surface area contributed by atoms with Crippen molar-refractivity contribution < 1.29 is 23.2 Å². The number of carbonyl (C=O) groups excluding carboxylic acids is 1. The van der Waals surface area contributed by atoms with Crippen LogP contribution in [-0.4, -0.2) is 41.7 Å². The van der Waals surface area contributed by atoms with Gasteiger partial charge in [0.05, 0.1) is 27.0 Å². The van der Waals surface area contributed by atoms with E-state index in [1.165, 1.54) is 0 Å². The Morgan fingerprint density at radius 1 is 1.22 bits per heavy atom. The number of likely N-dealkylation sites (tertiary alicyclic amines) is 1. The van der Waals surface area contributed by atoms with Crippen molar-refractivity contribution in [2.75, 3.05) is 20.8 Å². The van der Waals surface area contributed by atoms with Crippen LogP contribution in [0.5, 0.6) is 11.5 Å². The van der Waals surface area contributed by atoms with Crippen LogP contribution in [0, 0.1) is 0 Å². The van der Waals surface area contributed by atoms with Gasteiger partial charge in [0.15, 0.2) is 17.3 Å². The molecule has 1 fully saturated rings. The van der Waals surface area contributed by atoms with Crippen LogP contribution in [0.4, 0.5) is 0 Å². The minimum atomic E-state index is -0.106. The van der Waals surface area contributed by atoms with E-state index in [1.807, 2.05) is 18.2 Å². The van der Waals surface area contributed by atoms with Gasteiger partial charge in [0.25, 0.3) is 5.89 Å². The van der Waals surface area contributed by atoms with Gasteiger partial charge >= 0.3 is 0 Å². The van der Waals surface area contributed by atoms with E-state index in [-0.39, 0.29) is 11.8 Å². The lowest BCUT2D eigenvalue weighted by atomic mass is 10.1. The minimum absolute atomic E-state index is 0.0499. The van der Waals surface area contributed by atoms with Gasteiger partial charge < -0.3 is 23.3 Å². The maximum Gasteiger partial charge on any atom is 0.258 e. The second kappa shape index (κ2) is 7.14.